The Morgan fingerprint density at radius 2 is 1.67 bits per heavy atom. The zero-order valence-electron chi connectivity index (χ0n) is 15.2. The number of ether oxygens (including phenoxy) is 4. The topological polar surface area (TPSA) is 94.1 Å². The molecule has 0 aliphatic rings. The first kappa shape index (κ1) is 19.8. The third kappa shape index (κ3) is 5.24. The first-order valence-electron chi connectivity index (χ1n) is 7.93. The van der Waals surface area contributed by atoms with Crippen LogP contribution in [0.2, 0.25) is 0 Å². The number of carboxylic acids is 1. The summed E-state index contributed by atoms with van der Waals surface area (Å²) in [7, 11) is 4.49. The van der Waals surface area contributed by atoms with Gasteiger partial charge in [-0.05, 0) is 42.5 Å². The largest absolute Gasteiger partial charge is 0.546 e. The molecule has 0 aromatic heterocycles. The number of hydrogen-bond donors (Lipinski definition) is 0. The van der Waals surface area contributed by atoms with Crippen LogP contribution in [-0.2, 0) is 4.79 Å². The summed E-state index contributed by atoms with van der Waals surface area (Å²) < 4.78 is 20.6. The monoisotopic (exact) mass is 371 g/mol. The molecule has 2 aromatic carbocycles. The van der Waals surface area contributed by atoms with Gasteiger partial charge in [0.05, 0.1) is 27.3 Å². The SMILES string of the molecule is COc1ccc(/C=C/C(=O)c2ccc(OCC(=O)[O-])c(OC)c2)c(OC)c1. The number of ketones is 1. The van der Waals surface area contributed by atoms with Crippen molar-refractivity contribution in [1.82, 2.24) is 0 Å². The molecule has 0 bridgehead atoms. The van der Waals surface area contributed by atoms with E-state index < -0.39 is 12.6 Å². The van der Waals surface area contributed by atoms with Crippen molar-refractivity contribution < 1.29 is 33.6 Å². The van der Waals surface area contributed by atoms with Crippen molar-refractivity contribution in [2.24, 2.45) is 0 Å². The molecule has 7 nitrogen and oxygen atoms in total. The van der Waals surface area contributed by atoms with Gasteiger partial charge in [-0.25, -0.2) is 0 Å². The normalized spacial score (nSPS) is 10.5. The molecule has 0 saturated carbocycles. The lowest BCUT2D eigenvalue weighted by Gasteiger charge is -2.11. The number of aliphatic carboxylic acids is 1. The molecule has 2 rings (SSSR count). The van der Waals surface area contributed by atoms with Crippen LogP contribution in [0.4, 0.5) is 0 Å². The summed E-state index contributed by atoms with van der Waals surface area (Å²) >= 11 is 0. The van der Waals surface area contributed by atoms with Crippen LogP contribution in [0.1, 0.15) is 15.9 Å². The third-order valence-electron chi connectivity index (χ3n) is 3.65. The Hall–Kier alpha value is -3.48. The summed E-state index contributed by atoms with van der Waals surface area (Å²) in [5.74, 6) is 0.0528. The zero-order chi connectivity index (χ0) is 19.8. The van der Waals surface area contributed by atoms with E-state index in [-0.39, 0.29) is 17.3 Å². The lowest BCUT2D eigenvalue weighted by Crippen LogP contribution is -2.29. The molecule has 0 aliphatic heterocycles. The van der Waals surface area contributed by atoms with Crippen LogP contribution >= 0.6 is 0 Å². The van der Waals surface area contributed by atoms with Crippen LogP contribution in [0.3, 0.4) is 0 Å². The van der Waals surface area contributed by atoms with Gasteiger partial charge in [-0.3, -0.25) is 4.79 Å². The second-order valence-corrected chi connectivity index (χ2v) is 5.33. The summed E-state index contributed by atoms with van der Waals surface area (Å²) in [4.78, 5) is 22.9. The molecule has 7 heteroatoms. The minimum absolute atomic E-state index is 0.207. The average Bonchev–Trinajstić information content (AvgIpc) is 2.69. The molecule has 0 radical (unpaired) electrons. The number of methoxy groups -OCH3 is 3. The van der Waals surface area contributed by atoms with E-state index in [1.54, 1.807) is 31.4 Å². The van der Waals surface area contributed by atoms with E-state index in [4.69, 9.17) is 18.9 Å². The highest BCUT2D eigenvalue weighted by atomic mass is 16.5. The number of benzene rings is 2. The quantitative estimate of drug-likeness (QED) is 0.489. The fourth-order valence-electron chi connectivity index (χ4n) is 2.29. The van der Waals surface area contributed by atoms with Gasteiger partial charge in [-0.2, -0.15) is 0 Å². The average molecular weight is 371 g/mol. The minimum Gasteiger partial charge on any atom is -0.546 e. The molecule has 0 aliphatic carbocycles. The van der Waals surface area contributed by atoms with Crippen LogP contribution < -0.4 is 24.1 Å². The van der Waals surface area contributed by atoms with Gasteiger partial charge in [0.1, 0.15) is 18.1 Å². The predicted molar refractivity (Wildman–Crippen MR) is 96.4 cm³/mol. The number of rotatable bonds is 9. The Balaban J connectivity index is 2.20. The van der Waals surface area contributed by atoms with E-state index >= 15 is 0 Å². The van der Waals surface area contributed by atoms with Crippen LogP contribution in [-0.4, -0.2) is 39.7 Å². The van der Waals surface area contributed by atoms with Gasteiger partial charge in [0.15, 0.2) is 17.3 Å². The van der Waals surface area contributed by atoms with Crippen molar-refractivity contribution in [2.75, 3.05) is 27.9 Å². The fraction of sp³-hybridized carbons (Fsp3) is 0.200. The molecule has 0 amide bonds. The Kier molecular flexibility index (Phi) is 6.82. The minimum atomic E-state index is -1.35. The van der Waals surface area contributed by atoms with Gasteiger partial charge >= 0.3 is 0 Å². The Labute approximate surface area is 156 Å². The van der Waals surface area contributed by atoms with Gasteiger partial charge in [0, 0.05) is 17.2 Å². The van der Waals surface area contributed by atoms with Gasteiger partial charge < -0.3 is 28.8 Å². The maximum atomic E-state index is 12.4. The maximum Gasteiger partial charge on any atom is 0.185 e. The molecule has 142 valence electrons. The second kappa shape index (κ2) is 9.28. The van der Waals surface area contributed by atoms with Crippen molar-refractivity contribution >= 4 is 17.8 Å². The highest BCUT2D eigenvalue weighted by Gasteiger charge is 2.10. The van der Waals surface area contributed by atoms with E-state index in [1.165, 1.54) is 38.5 Å². The maximum absolute atomic E-state index is 12.4. The molecule has 0 fully saturated rings. The highest BCUT2D eigenvalue weighted by molar-refractivity contribution is 6.07. The van der Waals surface area contributed by atoms with Crippen LogP contribution in [0, 0.1) is 0 Å². The molecule has 0 atom stereocenters. The smallest absolute Gasteiger partial charge is 0.185 e. The van der Waals surface area contributed by atoms with E-state index in [1.807, 2.05) is 0 Å². The van der Waals surface area contributed by atoms with Crippen molar-refractivity contribution in [2.45, 2.75) is 0 Å². The third-order valence-corrected chi connectivity index (χ3v) is 3.65. The Morgan fingerprint density at radius 3 is 2.30 bits per heavy atom. The number of allylic oxidation sites excluding steroid dienone is 1. The molecule has 0 saturated heterocycles. The highest BCUT2D eigenvalue weighted by Crippen LogP contribution is 2.29. The van der Waals surface area contributed by atoms with Gasteiger partial charge in [-0.1, -0.05) is 0 Å². The molecule has 2 aromatic rings. The summed E-state index contributed by atoms with van der Waals surface area (Å²) in [6.07, 6.45) is 3.04. The number of carbonyl (C=O) groups is 2. The van der Waals surface area contributed by atoms with Crippen LogP contribution in [0.5, 0.6) is 23.0 Å². The molecule has 27 heavy (non-hydrogen) atoms. The van der Waals surface area contributed by atoms with Gasteiger partial charge in [-0.15, -0.1) is 0 Å². The van der Waals surface area contributed by atoms with Crippen molar-refractivity contribution in [1.29, 1.82) is 0 Å². The summed E-state index contributed by atoms with van der Waals surface area (Å²) in [6, 6.07) is 9.72. The number of carbonyl (C=O) groups excluding carboxylic acids is 2. The molecule has 0 unspecified atom stereocenters. The Morgan fingerprint density at radius 1 is 0.926 bits per heavy atom. The summed E-state index contributed by atoms with van der Waals surface area (Å²) in [6.45, 7) is -0.610. The van der Waals surface area contributed by atoms with E-state index in [9.17, 15) is 14.7 Å². The lowest BCUT2D eigenvalue weighted by molar-refractivity contribution is -0.307. The van der Waals surface area contributed by atoms with Crippen LogP contribution in [0.25, 0.3) is 6.08 Å². The van der Waals surface area contributed by atoms with Crippen molar-refractivity contribution in [3.05, 3.63) is 53.6 Å². The molecule has 0 heterocycles. The predicted octanol–water partition coefficient (Wildman–Crippen LogP) is 1.74. The number of hydrogen-bond acceptors (Lipinski definition) is 7. The molecular formula is C20H19O7-. The first-order chi connectivity index (χ1) is 13.0. The van der Waals surface area contributed by atoms with E-state index in [0.29, 0.717) is 22.6 Å². The lowest BCUT2D eigenvalue weighted by atomic mass is 10.1. The molecule has 0 N–H and O–H groups in total. The van der Waals surface area contributed by atoms with Crippen LogP contribution in [0.15, 0.2) is 42.5 Å². The standard InChI is InChI=1S/C20H20O7/c1-24-15-7-4-13(18(11-15)25-2)5-8-16(21)14-6-9-17(19(10-14)26-3)27-12-20(22)23/h4-11H,12H2,1-3H3,(H,22,23)/p-1/b8-5+. The fourth-order valence-corrected chi connectivity index (χ4v) is 2.29. The second-order valence-electron chi connectivity index (χ2n) is 5.33. The number of carboxylic acid groups (broad SMARTS) is 1. The zero-order valence-corrected chi connectivity index (χ0v) is 15.2. The summed E-state index contributed by atoms with van der Waals surface area (Å²) in [5.41, 5.74) is 1.07. The van der Waals surface area contributed by atoms with E-state index in [2.05, 4.69) is 0 Å². The van der Waals surface area contributed by atoms with Crippen molar-refractivity contribution in [3.8, 4) is 23.0 Å². The first-order valence-corrected chi connectivity index (χ1v) is 7.93. The molecular weight excluding hydrogens is 352 g/mol. The molecule has 0 spiro atoms. The van der Waals surface area contributed by atoms with E-state index in [0.717, 1.165) is 0 Å². The van der Waals surface area contributed by atoms with Gasteiger partial charge in [0.25, 0.3) is 0 Å². The summed E-state index contributed by atoms with van der Waals surface area (Å²) in [5, 5.41) is 10.5. The van der Waals surface area contributed by atoms with Crippen molar-refractivity contribution in [3.63, 3.8) is 0 Å². The Bertz CT molecular complexity index is 855. The van der Waals surface area contributed by atoms with Gasteiger partial charge in [0.2, 0.25) is 0 Å².